The Bertz CT molecular complexity index is 594. The third-order valence-corrected chi connectivity index (χ3v) is 4.79. The summed E-state index contributed by atoms with van der Waals surface area (Å²) in [6, 6.07) is 12.3. The van der Waals surface area contributed by atoms with Crippen molar-refractivity contribution in [3.8, 4) is 0 Å². The van der Waals surface area contributed by atoms with Crippen LogP contribution in [0.3, 0.4) is 0 Å². The second-order valence-electron chi connectivity index (χ2n) is 5.13. The Balaban J connectivity index is 1.75. The number of rotatable bonds is 3. The van der Waals surface area contributed by atoms with Gasteiger partial charge in [0, 0.05) is 18.0 Å². The van der Waals surface area contributed by atoms with E-state index >= 15 is 0 Å². The number of benzene rings is 1. The molecule has 2 N–H and O–H groups in total. The Labute approximate surface area is 123 Å². The summed E-state index contributed by atoms with van der Waals surface area (Å²) in [4.78, 5) is 13.7. The number of thiophene rings is 1. The van der Waals surface area contributed by atoms with Crippen LogP contribution in [-0.4, -0.2) is 12.5 Å². The van der Waals surface area contributed by atoms with Gasteiger partial charge < -0.3 is 10.6 Å². The van der Waals surface area contributed by atoms with E-state index < -0.39 is 0 Å². The van der Waals surface area contributed by atoms with Gasteiger partial charge in [0.2, 0.25) is 5.91 Å². The van der Waals surface area contributed by atoms with E-state index in [0.717, 1.165) is 12.1 Å². The van der Waals surface area contributed by atoms with Gasteiger partial charge in [0.15, 0.2) is 0 Å². The van der Waals surface area contributed by atoms with Crippen molar-refractivity contribution in [3.05, 3.63) is 57.8 Å². The van der Waals surface area contributed by atoms with Gasteiger partial charge in [0.05, 0.1) is 12.0 Å². The smallest absolute Gasteiger partial charge is 0.229 e. The van der Waals surface area contributed by atoms with Gasteiger partial charge in [-0.3, -0.25) is 4.79 Å². The van der Waals surface area contributed by atoms with Crippen molar-refractivity contribution < 1.29 is 4.79 Å². The first kappa shape index (κ1) is 13.3. The molecule has 104 valence electrons. The standard InChI is InChI=1S/C16H18N2OS/c1-11(15-7-4-8-20-15)18-16(19)14-10-17-9-12-5-2-3-6-13(12)14/h2-8,11,14,17H,9-10H2,1H3,(H,18,19)/t11-,14?/m0/s1. The molecular weight excluding hydrogens is 268 g/mol. The molecule has 0 saturated carbocycles. The van der Waals surface area contributed by atoms with Crippen LogP contribution in [-0.2, 0) is 11.3 Å². The van der Waals surface area contributed by atoms with E-state index in [-0.39, 0.29) is 17.9 Å². The van der Waals surface area contributed by atoms with Gasteiger partial charge in [0.1, 0.15) is 0 Å². The summed E-state index contributed by atoms with van der Waals surface area (Å²) in [7, 11) is 0. The Kier molecular flexibility index (Phi) is 3.85. The zero-order valence-electron chi connectivity index (χ0n) is 11.4. The van der Waals surface area contributed by atoms with Crippen LogP contribution in [0.1, 0.15) is 34.9 Å². The maximum Gasteiger partial charge on any atom is 0.229 e. The highest BCUT2D eigenvalue weighted by molar-refractivity contribution is 7.10. The maximum absolute atomic E-state index is 12.5. The lowest BCUT2D eigenvalue weighted by Gasteiger charge is -2.26. The SMILES string of the molecule is C[C@H](NC(=O)C1CNCc2ccccc21)c1cccs1. The first-order valence-corrected chi connectivity index (χ1v) is 7.76. The van der Waals surface area contributed by atoms with Crippen LogP contribution in [0.4, 0.5) is 0 Å². The highest BCUT2D eigenvalue weighted by Crippen LogP contribution is 2.25. The number of carbonyl (C=O) groups is 1. The Morgan fingerprint density at radius 3 is 3.00 bits per heavy atom. The molecule has 1 amide bonds. The van der Waals surface area contributed by atoms with E-state index in [0.29, 0.717) is 6.54 Å². The van der Waals surface area contributed by atoms with Crippen LogP contribution in [0.5, 0.6) is 0 Å². The van der Waals surface area contributed by atoms with E-state index in [2.05, 4.69) is 28.8 Å². The molecule has 0 radical (unpaired) electrons. The lowest BCUT2D eigenvalue weighted by atomic mass is 9.90. The predicted molar refractivity (Wildman–Crippen MR) is 81.8 cm³/mol. The minimum atomic E-state index is -0.0950. The topological polar surface area (TPSA) is 41.1 Å². The molecule has 20 heavy (non-hydrogen) atoms. The summed E-state index contributed by atoms with van der Waals surface area (Å²) in [6.45, 7) is 3.59. The molecule has 0 fully saturated rings. The Hall–Kier alpha value is -1.65. The van der Waals surface area contributed by atoms with Gasteiger partial charge in [-0.2, -0.15) is 0 Å². The van der Waals surface area contributed by atoms with Gasteiger partial charge in [-0.1, -0.05) is 30.3 Å². The van der Waals surface area contributed by atoms with Crippen LogP contribution < -0.4 is 10.6 Å². The summed E-state index contributed by atoms with van der Waals surface area (Å²) in [5, 5.41) is 8.48. The van der Waals surface area contributed by atoms with Crippen LogP contribution in [0.25, 0.3) is 0 Å². The molecule has 0 bridgehead atoms. The van der Waals surface area contributed by atoms with Crippen molar-refractivity contribution in [1.82, 2.24) is 10.6 Å². The third-order valence-electron chi connectivity index (χ3n) is 3.74. The van der Waals surface area contributed by atoms with Crippen LogP contribution in [0, 0.1) is 0 Å². The van der Waals surface area contributed by atoms with Gasteiger partial charge in [-0.15, -0.1) is 11.3 Å². The van der Waals surface area contributed by atoms with Gasteiger partial charge in [0.25, 0.3) is 0 Å². The number of nitrogens with one attached hydrogen (secondary N) is 2. The predicted octanol–water partition coefficient (Wildman–Crippen LogP) is 2.81. The molecule has 0 aliphatic carbocycles. The first-order chi connectivity index (χ1) is 9.75. The molecule has 0 spiro atoms. The molecule has 4 heteroatoms. The summed E-state index contributed by atoms with van der Waals surface area (Å²) >= 11 is 1.67. The minimum Gasteiger partial charge on any atom is -0.348 e. The average molecular weight is 286 g/mol. The first-order valence-electron chi connectivity index (χ1n) is 6.88. The second-order valence-corrected chi connectivity index (χ2v) is 6.11. The highest BCUT2D eigenvalue weighted by Gasteiger charge is 2.27. The monoisotopic (exact) mass is 286 g/mol. The van der Waals surface area contributed by atoms with Crippen molar-refractivity contribution in [3.63, 3.8) is 0 Å². The minimum absolute atomic E-state index is 0.0663. The third kappa shape index (κ3) is 2.62. The maximum atomic E-state index is 12.5. The molecule has 2 aromatic rings. The fourth-order valence-electron chi connectivity index (χ4n) is 2.65. The number of fused-ring (bicyclic) bond motifs is 1. The zero-order valence-corrected chi connectivity index (χ0v) is 12.2. The molecule has 1 aliphatic rings. The van der Waals surface area contributed by atoms with E-state index in [1.165, 1.54) is 10.4 Å². The Morgan fingerprint density at radius 2 is 2.20 bits per heavy atom. The molecular formula is C16H18N2OS. The number of amides is 1. The normalized spacial score (nSPS) is 19.1. The fraction of sp³-hybridized carbons (Fsp3) is 0.312. The summed E-state index contributed by atoms with van der Waals surface area (Å²) in [6.07, 6.45) is 0. The van der Waals surface area contributed by atoms with E-state index in [9.17, 15) is 4.79 Å². The number of hydrogen-bond donors (Lipinski definition) is 2. The van der Waals surface area contributed by atoms with E-state index in [1.54, 1.807) is 11.3 Å². The number of hydrogen-bond acceptors (Lipinski definition) is 3. The molecule has 0 saturated heterocycles. The highest BCUT2D eigenvalue weighted by atomic mass is 32.1. The van der Waals surface area contributed by atoms with Crippen molar-refractivity contribution in [2.75, 3.05) is 6.54 Å². The largest absolute Gasteiger partial charge is 0.348 e. The Morgan fingerprint density at radius 1 is 1.35 bits per heavy atom. The van der Waals surface area contributed by atoms with Crippen LogP contribution in [0.15, 0.2) is 41.8 Å². The van der Waals surface area contributed by atoms with Crippen molar-refractivity contribution in [2.45, 2.75) is 25.4 Å². The lowest BCUT2D eigenvalue weighted by Crippen LogP contribution is -2.39. The molecule has 1 unspecified atom stereocenters. The van der Waals surface area contributed by atoms with Gasteiger partial charge in [-0.25, -0.2) is 0 Å². The van der Waals surface area contributed by atoms with E-state index in [4.69, 9.17) is 0 Å². The average Bonchev–Trinajstić information content (AvgIpc) is 3.01. The van der Waals surface area contributed by atoms with E-state index in [1.807, 2.05) is 30.5 Å². The van der Waals surface area contributed by atoms with Crippen molar-refractivity contribution >= 4 is 17.2 Å². The number of carbonyl (C=O) groups excluding carboxylic acids is 1. The molecule has 3 rings (SSSR count). The van der Waals surface area contributed by atoms with Crippen molar-refractivity contribution in [2.24, 2.45) is 0 Å². The molecule has 2 atom stereocenters. The molecule has 3 nitrogen and oxygen atoms in total. The van der Waals surface area contributed by atoms with Gasteiger partial charge >= 0.3 is 0 Å². The van der Waals surface area contributed by atoms with Crippen LogP contribution >= 0.6 is 11.3 Å². The molecule has 1 aliphatic heterocycles. The fourth-order valence-corrected chi connectivity index (χ4v) is 3.39. The van der Waals surface area contributed by atoms with Crippen LogP contribution in [0.2, 0.25) is 0 Å². The summed E-state index contributed by atoms with van der Waals surface area (Å²) in [5.41, 5.74) is 2.38. The summed E-state index contributed by atoms with van der Waals surface area (Å²) in [5.74, 6) is 0.00733. The quantitative estimate of drug-likeness (QED) is 0.911. The zero-order chi connectivity index (χ0) is 13.9. The lowest BCUT2D eigenvalue weighted by molar-refractivity contribution is -0.123. The molecule has 1 aromatic heterocycles. The second kappa shape index (κ2) is 5.77. The molecule has 1 aromatic carbocycles. The van der Waals surface area contributed by atoms with Crippen molar-refractivity contribution in [1.29, 1.82) is 0 Å². The van der Waals surface area contributed by atoms with Gasteiger partial charge in [-0.05, 0) is 29.5 Å². The molecule has 2 heterocycles. The summed E-state index contributed by atoms with van der Waals surface area (Å²) < 4.78 is 0.